The number of nitrogens with one attached hydrogen (secondary N) is 1. The van der Waals surface area contributed by atoms with Gasteiger partial charge in [-0.1, -0.05) is 0 Å². The van der Waals surface area contributed by atoms with Crippen molar-refractivity contribution in [1.82, 2.24) is 19.6 Å². The number of aromatic nitrogens is 4. The third-order valence-electron chi connectivity index (χ3n) is 3.23. The van der Waals surface area contributed by atoms with E-state index < -0.39 is 36.8 Å². The van der Waals surface area contributed by atoms with E-state index in [0.29, 0.717) is 0 Å². The Morgan fingerprint density at radius 1 is 1.60 bits per heavy atom. The number of H-pyrrole nitrogens is 1. The molecule has 0 radical (unpaired) electrons. The fraction of sp³-hybridized carbons (Fsp3) is 0.500. The molecule has 3 heterocycles. The summed E-state index contributed by atoms with van der Waals surface area (Å²) in [4.78, 5) is 17.7. The molecule has 4 atom stereocenters. The van der Waals surface area contributed by atoms with Crippen molar-refractivity contribution in [3.63, 3.8) is 0 Å². The molecule has 0 saturated carbocycles. The third-order valence-corrected chi connectivity index (χ3v) is 3.23. The summed E-state index contributed by atoms with van der Waals surface area (Å²) >= 11 is 0. The first kappa shape index (κ1) is 13.0. The third kappa shape index (κ3) is 1.77. The SMILES string of the molecule is Nc1nc2c(C3OC(CO)C(O)C3F)cnn2c(=O)[nH]1. The van der Waals surface area contributed by atoms with Gasteiger partial charge in [-0.2, -0.15) is 14.6 Å². The van der Waals surface area contributed by atoms with Crippen molar-refractivity contribution in [3.8, 4) is 0 Å². The molecular weight excluding hydrogens is 273 g/mol. The smallest absolute Gasteiger partial charge is 0.350 e. The van der Waals surface area contributed by atoms with Crippen LogP contribution in [-0.4, -0.2) is 54.8 Å². The maximum Gasteiger partial charge on any atom is 0.350 e. The predicted octanol–water partition coefficient (Wildman–Crippen LogP) is -1.87. The van der Waals surface area contributed by atoms with Gasteiger partial charge in [0.05, 0.1) is 12.8 Å². The summed E-state index contributed by atoms with van der Waals surface area (Å²) in [5, 5.41) is 22.4. The second-order valence-corrected chi connectivity index (χ2v) is 4.48. The van der Waals surface area contributed by atoms with Gasteiger partial charge in [-0.05, 0) is 0 Å². The van der Waals surface area contributed by atoms with Crippen LogP contribution in [0.3, 0.4) is 0 Å². The highest BCUT2D eigenvalue weighted by Gasteiger charge is 2.45. The Balaban J connectivity index is 2.09. The molecule has 4 unspecified atom stereocenters. The Hall–Kier alpha value is -2.04. The number of nitrogen functional groups attached to an aromatic ring is 1. The standard InChI is InChI=1S/C10H12FN5O4/c11-5-6(18)4(2-17)20-7(5)3-1-13-16-8(3)14-9(12)15-10(16)19/h1,4-7,17-18H,2H2,(H3,12,14,15,19). The van der Waals surface area contributed by atoms with Gasteiger partial charge in [0, 0.05) is 5.56 Å². The van der Waals surface area contributed by atoms with Gasteiger partial charge >= 0.3 is 5.69 Å². The highest BCUT2D eigenvalue weighted by molar-refractivity contribution is 5.50. The molecule has 1 fully saturated rings. The molecule has 108 valence electrons. The van der Waals surface area contributed by atoms with Crippen LogP contribution in [0.5, 0.6) is 0 Å². The molecule has 3 rings (SSSR count). The summed E-state index contributed by atoms with van der Waals surface area (Å²) in [7, 11) is 0. The maximum absolute atomic E-state index is 14.0. The second-order valence-electron chi connectivity index (χ2n) is 4.48. The van der Waals surface area contributed by atoms with E-state index in [2.05, 4.69) is 15.1 Å². The summed E-state index contributed by atoms with van der Waals surface area (Å²) in [5.74, 6) is -0.142. The number of aliphatic hydroxyl groups is 2. The lowest BCUT2D eigenvalue weighted by atomic mass is 10.1. The average Bonchev–Trinajstić information content (AvgIpc) is 2.93. The second kappa shape index (κ2) is 4.51. The van der Waals surface area contributed by atoms with E-state index in [4.69, 9.17) is 15.6 Å². The van der Waals surface area contributed by atoms with Gasteiger partial charge < -0.3 is 20.7 Å². The molecule has 9 nitrogen and oxygen atoms in total. The number of alkyl halides is 1. The summed E-state index contributed by atoms with van der Waals surface area (Å²) in [6, 6.07) is 0. The Kier molecular flexibility index (Phi) is 2.92. The van der Waals surface area contributed by atoms with Gasteiger partial charge in [0.2, 0.25) is 5.95 Å². The molecule has 0 aliphatic carbocycles. The van der Waals surface area contributed by atoms with E-state index in [1.807, 2.05) is 0 Å². The zero-order valence-corrected chi connectivity index (χ0v) is 10.1. The first-order valence-corrected chi connectivity index (χ1v) is 5.85. The summed E-state index contributed by atoms with van der Waals surface area (Å²) < 4.78 is 20.2. The number of aliphatic hydroxyl groups excluding tert-OH is 2. The van der Waals surface area contributed by atoms with Crippen LogP contribution in [0.1, 0.15) is 11.7 Å². The van der Waals surface area contributed by atoms with Gasteiger partial charge in [0.15, 0.2) is 11.8 Å². The lowest BCUT2D eigenvalue weighted by molar-refractivity contribution is -0.0223. The van der Waals surface area contributed by atoms with E-state index in [1.165, 1.54) is 6.20 Å². The van der Waals surface area contributed by atoms with Gasteiger partial charge in [-0.3, -0.25) is 4.98 Å². The summed E-state index contributed by atoms with van der Waals surface area (Å²) in [6.07, 6.45) is -4.21. The Morgan fingerprint density at radius 2 is 2.35 bits per heavy atom. The van der Waals surface area contributed by atoms with Crippen LogP contribution in [0.15, 0.2) is 11.0 Å². The molecule has 10 heteroatoms. The molecule has 5 N–H and O–H groups in total. The molecule has 0 bridgehead atoms. The predicted molar refractivity (Wildman–Crippen MR) is 63.6 cm³/mol. The topological polar surface area (TPSA) is 139 Å². The van der Waals surface area contributed by atoms with E-state index in [1.54, 1.807) is 0 Å². The minimum atomic E-state index is -1.76. The Labute approximate surface area is 110 Å². The number of ether oxygens (including phenoxy) is 1. The molecule has 2 aromatic rings. The Bertz CT molecular complexity index is 701. The van der Waals surface area contributed by atoms with Crippen molar-refractivity contribution in [2.45, 2.75) is 24.5 Å². The van der Waals surface area contributed by atoms with Gasteiger partial charge in [-0.25, -0.2) is 9.18 Å². The van der Waals surface area contributed by atoms with Crippen LogP contribution in [0.4, 0.5) is 10.3 Å². The van der Waals surface area contributed by atoms with Gasteiger partial charge in [-0.15, -0.1) is 0 Å². The summed E-state index contributed by atoms with van der Waals surface area (Å²) in [5.41, 5.74) is 5.05. The van der Waals surface area contributed by atoms with Crippen molar-refractivity contribution >= 4 is 11.6 Å². The normalized spacial score (nSPS) is 30.1. The zero-order chi connectivity index (χ0) is 14.4. The number of nitrogens with zero attached hydrogens (tertiary/aromatic N) is 3. The van der Waals surface area contributed by atoms with Crippen LogP contribution in [0.25, 0.3) is 5.65 Å². The van der Waals surface area contributed by atoms with Crippen LogP contribution >= 0.6 is 0 Å². The minimum Gasteiger partial charge on any atom is -0.394 e. The fourth-order valence-corrected chi connectivity index (χ4v) is 2.24. The maximum atomic E-state index is 14.0. The fourth-order valence-electron chi connectivity index (χ4n) is 2.24. The summed E-state index contributed by atoms with van der Waals surface area (Å²) in [6.45, 7) is -0.520. The average molecular weight is 285 g/mol. The zero-order valence-electron chi connectivity index (χ0n) is 10.1. The number of anilines is 1. The monoisotopic (exact) mass is 285 g/mol. The first-order valence-electron chi connectivity index (χ1n) is 5.85. The highest BCUT2D eigenvalue weighted by Crippen LogP contribution is 2.36. The molecule has 2 aromatic heterocycles. The lowest BCUT2D eigenvalue weighted by Crippen LogP contribution is -2.30. The number of halogens is 1. The van der Waals surface area contributed by atoms with E-state index >= 15 is 0 Å². The molecule has 1 aliphatic rings. The van der Waals surface area contributed by atoms with Crippen LogP contribution in [0, 0.1) is 0 Å². The lowest BCUT2D eigenvalue weighted by Gasteiger charge is -2.10. The molecule has 0 amide bonds. The van der Waals surface area contributed by atoms with Crippen molar-refractivity contribution < 1.29 is 19.3 Å². The van der Waals surface area contributed by atoms with Crippen LogP contribution in [0.2, 0.25) is 0 Å². The molecule has 0 aromatic carbocycles. The van der Waals surface area contributed by atoms with E-state index in [-0.39, 0.29) is 17.2 Å². The van der Waals surface area contributed by atoms with E-state index in [0.717, 1.165) is 4.52 Å². The number of hydrogen-bond donors (Lipinski definition) is 4. The first-order chi connectivity index (χ1) is 9.52. The van der Waals surface area contributed by atoms with Gasteiger partial charge in [0.25, 0.3) is 0 Å². The van der Waals surface area contributed by atoms with Crippen molar-refractivity contribution in [2.75, 3.05) is 12.3 Å². The Morgan fingerprint density at radius 3 is 3.00 bits per heavy atom. The highest BCUT2D eigenvalue weighted by atomic mass is 19.1. The van der Waals surface area contributed by atoms with Crippen LogP contribution < -0.4 is 11.4 Å². The van der Waals surface area contributed by atoms with E-state index in [9.17, 15) is 14.3 Å². The molecule has 1 saturated heterocycles. The van der Waals surface area contributed by atoms with Gasteiger partial charge in [0.1, 0.15) is 18.3 Å². The minimum absolute atomic E-state index is 0.0460. The molecular formula is C10H12FN5O4. The van der Waals surface area contributed by atoms with Crippen molar-refractivity contribution in [2.24, 2.45) is 0 Å². The number of fused-ring (bicyclic) bond motifs is 1. The van der Waals surface area contributed by atoms with Crippen molar-refractivity contribution in [3.05, 3.63) is 22.2 Å². The van der Waals surface area contributed by atoms with Crippen LogP contribution in [-0.2, 0) is 4.74 Å². The number of aromatic amines is 1. The van der Waals surface area contributed by atoms with Crippen molar-refractivity contribution in [1.29, 1.82) is 0 Å². The number of nitrogens with two attached hydrogens (primary N) is 1. The largest absolute Gasteiger partial charge is 0.394 e. The number of rotatable bonds is 2. The molecule has 20 heavy (non-hydrogen) atoms. The molecule has 0 spiro atoms. The quantitative estimate of drug-likeness (QED) is 0.507. The number of hydrogen-bond acceptors (Lipinski definition) is 7. The molecule has 1 aliphatic heterocycles.